The first kappa shape index (κ1) is 24.6. The van der Waals surface area contributed by atoms with Gasteiger partial charge in [0.1, 0.15) is 9.92 Å². The molecule has 1 unspecified atom stereocenters. The van der Waals surface area contributed by atoms with Crippen LogP contribution in [0.5, 0.6) is 0 Å². The van der Waals surface area contributed by atoms with E-state index in [1.807, 2.05) is 13.0 Å². The van der Waals surface area contributed by atoms with Gasteiger partial charge in [0, 0.05) is 6.42 Å². The molecule has 3 fully saturated rings. The van der Waals surface area contributed by atoms with Crippen molar-refractivity contribution in [2.24, 2.45) is 28.3 Å². The van der Waals surface area contributed by atoms with E-state index >= 15 is 0 Å². The van der Waals surface area contributed by atoms with Crippen molar-refractivity contribution in [2.45, 2.75) is 89.3 Å². The van der Waals surface area contributed by atoms with Crippen LogP contribution in [0.4, 0.5) is 4.39 Å². The molecule has 0 amide bonds. The third kappa shape index (κ3) is 4.85. The molecule has 0 aliphatic heterocycles. The van der Waals surface area contributed by atoms with Gasteiger partial charge in [-0.1, -0.05) is 38.2 Å². The maximum Gasteiger partial charge on any atom is 0.203 e. The molecule has 176 valence electrons. The quantitative estimate of drug-likeness (QED) is 0.481. The van der Waals surface area contributed by atoms with E-state index in [9.17, 15) is 18.8 Å². The standard InChI is InChI=1S/C24H39FN2O3S/c1-15(14-24(4,25)31(26,27)30)20-9-10-21-17(6-5-11-23(20,21)3)7-8-18-12-19(28)13-22(29)16(18)2/h7-8,15,19-22,28-29H,2,5-6,9-14H2,1,3-4H3,(H3,26,27,30)/b17-7+,18-8-/t15-,19-,20-,21+,22+,23-,24-/m1/s1. The third-order valence-electron chi connectivity index (χ3n) is 8.31. The van der Waals surface area contributed by atoms with Crippen molar-refractivity contribution in [1.82, 2.24) is 0 Å². The minimum Gasteiger partial charge on any atom is -0.393 e. The zero-order valence-corrected chi connectivity index (χ0v) is 19.9. The van der Waals surface area contributed by atoms with Crippen LogP contribution in [-0.2, 0) is 9.92 Å². The Morgan fingerprint density at radius 2 is 2.10 bits per heavy atom. The van der Waals surface area contributed by atoms with Gasteiger partial charge in [0.25, 0.3) is 0 Å². The predicted molar refractivity (Wildman–Crippen MR) is 123 cm³/mol. The molecular formula is C24H39FN2O3S. The second-order valence-electron chi connectivity index (χ2n) is 10.5. The van der Waals surface area contributed by atoms with Crippen molar-refractivity contribution >= 4 is 9.92 Å². The summed E-state index contributed by atoms with van der Waals surface area (Å²) in [4.78, 5) is 0. The third-order valence-corrected chi connectivity index (χ3v) is 9.74. The number of hydrogen-bond donors (Lipinski definition) is 4. The summed E-state index contributed by atoms with van der Waals surface area (Å²) in [6.45, 7) is 9.51. The summed E-state index contributed by atoms with van der Waals surface area (Å²) in [5.74, 6) is 0.682. The summed E-state index contributed by atoms with van der Waals surface area (Å²) in [7, 11) is -3.76. The Morgan fingerprint density at radius 3 is 2.74 bits per heavy atom. The van der Waals surface area contributed by atoms with Gasteiger partial charge in [0.05, 0.1) is 12.2 Å². The lowest BCUT2D eigenvalue weighted by molar-refractivity contribution is 0.0789. The number of nitrogens with one attached hydrogen (secondary N) is 1. The number of rotatable bonds is 5. The fourth-order valence-corrected chi connectivity index (χ4v) is 7.03. The number of halogens is 1. The maximum absolute atomic E-state index is 14.9. The van der Waals surface area contributed by atoms with Gasteiger partial charge in [-0.15, -0.1) is 0 Å². The molecule has 0 spiro atoms. The smallest absolute Gasteiger partial charge is 0.203 e. The Bertz CT molecular complexity index is 879. The maximum atomic E-state index is 14.9. The Labute approximate surface area is 186 Å². The first-order chi connectivity index (χ1) is 14.3. The molecule has 0 heterocycles. The molecule has 0 aromatic rings. The van der Waals surface area contributed by atoms with E-state index in [1.165, 1.54) is 12.5 Å². The Morgan fingerprint density at radius 1 is 1.42 bits per heavy atom. The van der Waals surface area contributed by atoms with Gasteiger partial charge in [0.2, 0.25) is 5.00 Å². The van der Waals surface area contributed by atoms with Gasteiger partial charge in [0.15, 0.2) is 0 Å². The van der Waals surface area contributed by atoms with Crippen LogP contribution in [0.1, 0.15) is 72.1 Å². The van der Waals surface area contributed by atoms with Crippen LogP contribution in [0, 0.1) is 27.9 Å². The Kier molecular flexibility index (Phi) is 6.93. The summed E-state index contributed by atoms with van der Waals surface area (Å²) >= 11 is 0. The minimum atomic E-state index is -3.76. The number of fused-ring (bicyclic) bond motifs is 1. The van der Waals surface area contributed by atoms with E-state index in [-0.39, 0.29) is 17.8 Å². The van der Waals surface area contributed by atoms with E-state index in [0.717, 1.165) is 37.7 Å². The molecule has 31 heavy (non-hydrogen) atoms. The van der Waals surface area contributed by atoms with Crippen LogP contribution in [-0.4, -0.2) is 31.6 Å². The van der Waals surface area contributed by atoms with Crippen LogP contribution in [0.25, 0.3) is 0 Å². The van der Waals surface area contributed by atoms with Gasteiger partial charge in [-0.3, -0.25) is 0 Å². The lowest BCUT2D eigenvalue weighted by Crippen LogP contribution is -2.41. The van der Waals surface area contributed by atoms with Crippen LogP contribution in [0.15, 0.2) is 35.5 Å². The molecule has 3 aliphatic rings. The summed E-state index contributed by atoms with van der Waals surface area (Å²) in [5.41, 5.74) is 3.03. The highest BCUT2D eigenvalue weighted by Gasteiger charge is 2.52. The van der Waals surface area contributed by atoms with Crippen molar-refractivity contribution in [2.75, 3.05) is 0 Å². The average molecular weight is 455 g/mol. The molecule has 5 nitrogen and oxygen atoms in total. The summed E-state index contributed by atoms with van der Waals surface area (Å²) in [6.07, 6.45) is 9.04. The molecule has 8 atom stereocenters. The molecule has 0 radical (unpaired) electrons. The molecule has 0 saturated heterocycles. The lowest BCUT2D eigenvalue weighted by Gasteiger charge is -2.45. The van der Waals surface area contributed by atoms with Crippen LogP contribution in [0.2, 0.25) is 0 Å². The number of hydrogen-bond acceptors (Lipinski definition) is 4. The second-order valence-corrected chi connectivity index (χ2v) is 12.6. The molecule has 7 heteroatoms. The van der Waals surface area contributed by atoms with Gasteiger partial charge in [-0.25, -0.2) is 18.5 Å². The van der Waals surface area contributed by atoms with Gasteiger partial charge >= 0.3 is 0 Å². The van der Waals surface area contributed by atoms with Crippen LogP contribution >= 0.6 is 0 Å². The summed E-state index contributed by atoms with van der Waals surface area (Å²) in [5, 5.41) is 23.3. The number of aliphatic hydroxyl groups excluding tert-OH is 2. The number of nitrogens with two attached hydrogens (primary N) is 1. The summed E-state index contributed by atoms with van der Waals surface area (Å²) in [6, 6.07) is 0. The average Bonchev–Trinajstić information content (AvgIpc) is 2.99. The molecule has 0 bridgehead atoms. The molecule has 5 N–H and O–H groups in total. The topological polar surface area (TPSA) is 107 Å². The zero-order valence-electron chi connectivity index (χ0n) is 19.1. The van der Waals surface area contributed by atoms with E-state index in [1.54, 1.807) is 0 Å². The highest BCUT2D eigenvalue weighted by molar-refractivity contribution is 7.91. The van der Waals surface area contributed by atoms with Crippen molar-refractivity contribution < 1.29 is 18.8 Å². The molecule has 0 aromatic carbocycles. The second kappa shape index (κ2) is 8.73. The Hall–Kier alpha value is -1.02. The van der Waals surface area contributed by atoms with E-state index in [4.69, 9.17) is 9.92 Å². The largest absolute Gasteiger partial charge is 0.393 e. The molecule has 3 rings (SSSR count). The highest BCUT2D eigenvalue weighted by Crippen LogP contribution is 2.60. The van der Waals surface area contributed by atoms with Crippen LogP contribution in [0.3, 0.4) is 0 Å². The first-order valence-corrected chi connectivity index (χ1v) is 13.1. The molecule has 3 aliphatic carbocycles. The van der Waals surface area contributed by atoms with E-state index in [2.05, 4.69) is 19.6 Å². The first-order valence-electron chi connectivity index (χ1n) is 11.5. The predicted octanol–water partition coefficient (Wildman–Crippen LogP) is 4.76. The summed E-state index contributed by atoms with van der Waals surface area (Å²) < 4.78 is 34.3. The molecule has 3 saturated carbocycles. The van der Waals surface area contributed by atoms with E-state index in [0.29, 0.717) is 30.3 Å². The Balaban J connectivity index is 1.80. The van der Waals surface area contributed by atoms with Crippen molar-refractivity contribution in [1.29, 1.82) is 4.78 Å². The monoisotopic (exact) mass is 454 g/mol. The van der Waals surface area contributed by atoms with Gasteiger partial charge in [-0.05, 0) is 86.2 Å². The highest BCUT2D eigenvalue weighted by atomic mass is 32.2. The zero-order chi connectivity index (χ0) is 23.2. The number of allylic oxidation sites excluding steroid dienone is 3. The van der Waals surface area contributed by atoms with Crippen LogP contribution < -0.4 is 5.14 Å². The van der Waals surface area contributed by atoms with Crippen molar-refractivity contribution in [3.05, 3.63) is 35.5 Å². The van der Waals surface area contributed by atoms with Crippen molar-refractivity contribution in [3.63, 3.8) is 0 Å². The fourth-order valence-electron chi connectivity index (χ4n) is 6.52. The normalized spacial score (nSPS) is 41.6. The number of aliphatic hydroxyl groups is 2. The SMILES string of the molecule is C=C1/C(=C\C=C2/CCC[C@]3(C)[C@@H]([C@H](C)C[C@](C)(F)S(=N)(N)=O)CC[C@@H]23)C[C@@H](O)C[C@@H]1O. The van der Waals surface area contributed by atoms with Gasteiger partial charge in [-0.2, -0.15) is 0 Å². The lowest BCUT2D eigenvalue weighted by atomic mass is 9.60. The minimum absolute atomic E-state index is 0.0131. The van der Waals surface area contributed by atoms with Crippen molar-refractivity contribution in [3.8, 4) is 0 Å². The molecular weight excluding hydrogens is 415 g/mol. The van der Waals surface area contributed by atoms with E-state index < -0.39 is 27.1 Å². The fraction of sp³-hybridized carbons (Fsp3) is 0.750. The molecule has 0 aromatic heterocycles. The van der Waals surface area contributed by atoms with Gasteiger partial charge < -0.3 is 10.2 Å². The number of alkyl halides is 1.